The second-order valence-corrected chi connectivity index (χ2v) is 8.06. The van der Waals surface area contributed by atoms with Gasteiger partial charge in [0, 0.05) is 58.9 Å². The van der Waals surface area contributed by atoms with E-state index in [1.807, 2.05) is 9.80 Å². The molecule has 0 aliphatic rings. The Bertz CT molecular complexity index is 306. The van der Waals surface area contributed by atoms with Crippen LogP contribution in [0.5, 0.6) is 0 Å². The maximum atomic E-state index is 9.81. The second-order valence-electron chi connectivity index (χ2n) is 8.06. The Morgan fingerprint density at radius 3 is 0.815 bits per heavy atom. The van der Waals surface area contributed by atoms with Gasteiger partial charge in [-0.3, -0.25) is 14.7 Å². The van der Waals surface area contributed by atoms with Crippen LogP contribution >= 0.6 is 0 Å². The zero-order valence-corrected chi connectivity index (χ0v) is 17.8. The third kappa shape index (κ3) is 16.3. The molecule has 0 bridgehead atoms. The highest BCUT2D eigenvalue weighted by Crippen LogP contribution is 2.02. The fourth-order valence-electron chi connectivity index (χ4n) is 3.24. The molecule has 0 aliphatic carbocycles. The zero-order chi connectivity index (χ0) is 21.0. The summed E-state index contributed by atoms with van der Waals surface area (Å²) in [6, 6.07) is 0. The molecule has 5 atom stereocenters. The van der Waals surface area contributed by atoms with Gasteiger partial charge in [-0.1, -0.05) is 0 Å². The summed E-state index contributed by atoms with van der Waals surface area (Å²) in [4.78, 5) is 6.18. The van der Waals surface area contributed by atoms with E-state index in [1.165, 1.54) is 0 Å². The average Bonchev–Trinajstić information content (AvgIpc) is 2.46. The van der Waals surface area contributed by atoms with E-state index in [4.69, 9.17) is 0 Å². The maximum Gasteiger partial charge on any atom is 0.0639 e. The first-order valence-electron chi connectivity index (χ1n) is 10.1. The van der Waals surface area contributed by atoms with Crippen molar-refractivity contribution in [3.8, 4) is 0 Å². The van der Waals surface area contributed by atoms with Crippen molar-refractivity contribution in [2.24, 2.45) is 0 Å². The van der Waals surface area contributed by atoms with E-state index in [9.17, 15) is 25.5 Å². The van der Waals surface area contributed by atoms with Crippen molar-refractivity contribution in [2.75, 3.05) is 58.9 Å². The van der Waals surface area contributed by atoms with Gasteiger partial charge in [0.15, 0.2) is 0 Å². The first-order valence-corrected chi connectivity index (χ1v) is 10.1. The first kappa shape index (κ1) is 26.7. The van der Waals surface area contributed by atoms with Gasteiger partial charge < -0.3 is 25.5 Å². The number of hydrogen-bond acceptors (Lipinski definition) is 8. The zero-order valence-electron chi connectivity index (χ0n) is 17.8. The van der Waals surface area contributed by atoms with Crippen molar-refractivity contribution in [2.45, 2.75) is 65.1 Å². The third-order valence-electron chi connectivity index (χ3n) is 4.08. The largest absolute Gasteiger partial charge is 0.392 e. The summed E-state index contributed by atoms with van der Waals surface area (Å²) in [5, 5.41) is 48.4. The van der Waals surface area contributed by atoms with Crippen LogP contribution in [-0.4, -0.2) is 130 Å². The summed E-state index contributed by atoms with van der Waals surface area (Å²) in [6.45, 7) is 13.9. The summed E-state index contributed by atoms with van der Waals surface area (Å²) < 4.78 is 0. The van der Waals surface area contributed by atoms with E-state index in [0.717, 1.165) is 0 Å². The molecule has 8 heteroatoms. The normalized spacial score (nSPS) is 18.1. The number of aliphatic hydroxyl groups is 5. The van der Waals surface area contributed by atoms with E-state index in [-0.39, 0.29) is 0 Å². The number of aliphatic hydroxyl groups excluding tert-OH is 5. The molecule has 0 aromatic rings. The van der Waals surface area contributed by atoms with Gasteiger partial charge in [0.1, 0.15) is 0 Å². The van der Waals surface area contributed by atoms with Crippen LogP contribution in [0.1, 0.15) is 34.6 Å². The van der Waals surface area contributed by atoms with Crippen molar-refractivity contribution in [3.63, 3.8) is 0 Å². The Balaban J connectivity index is 4.73. The molecule has 164 valence electrons. The molecule has 0 amide bonds. The molecule has 0 aromatic heterocycles. The molecule has 0 saturated heterocycles. The van der Waals surface area contributed by atoms with Crippen molar-refractivity contribution < 1.29 is 25.5 Å². The van der Waals surface area contributed by atoms with Crippen LogP contribution in [0.4, 0.5) is 0 Å². The van der Waals surface area contributed by atoms with Crippen LogP contribution in [0.3, 0.4) is 0 Å². The Kier molecular flexibility index (Phi) is 14.5. The lowest BCUT2D eigenvalue weighted by atomic mass is 10.2. The van der Waals surface area contributed by atoms with Gasteiger partial charge in [-0.15, -0.1) is 0 Å². The quantitative estimate of drug-likeness (QED) is 0.222. The van der Waals surface area contributed by atoms with E-state index >= 15 is 0 Å². The van der Waals surface area contributed by atoms with Crippen molar-refractivity contribution in [1.29, 1.82) is 0 Å². The Morgan fingerprint density at radius 1 is 0.407 bits per heavy atom. The highest BCUT2D eigenvalue weighted by molar-refractivity contribution is 4.72. The summed E-state index contributed by atoms with van der Waals surface area (Å²) in [5.74, 6) is 0. The molecule has 0 radical (unpaired) electrons. The molecular weight excluding hydrogens is 350 g/mol. The topological polar surface area (TPSA) is 111 Å². The van der Waals surface area contributed by atoms with E-state index in [0.29, 0.717) is 58.9 Å². The highest BCUT2D eigenvalue weighted by Gasteiger charge is 2.17. The Hall–Kier alpha value is -0.320. The van der Waals surface area contributed by atoms with Crippen LogP contribution in [0, 0.1) is 0 Å². The van der Waals surface area contributed by atoms with Crippen molar-refractivity contribution >= 4 is 0 Å². The molecule has 0 aliphatic heterocycles. The van der Waals surface area contributed by atoms with E-state index in [1.54, 1.807) is 34.6 Å². The summed E-state index contributed by atoms with van der Waals surface area (Å²) >= 11 is 0. The fraction of sp³-hybridized carbons (Fsp3) is 1.00. The van der Waals surface area contributed by atoms with Gasteiger partial charge in [-0.2, -0.15) is 0 Å². The summed E-state index contributed by atoms with van der Waals surface area (Å²) in [7, 11) is 0. The minimum absolute atomic E-state index is 0.464. The average molecular weight is 394 g/mol. The van der Waals surface area contributed by atoms with Gasteiger partial charge >= 0.3 is 0 Å². The molecule has 5 unspecified atom stereocenters. The third-order valence-corrected chi connectivity index (χ3v) is 4.08. The molecule has 0 fully saturated rings. The van der Waals surface area contributed by atoms with Crippen LogP contribution in [0.15, 0.2) is 0 Å². The lowest BCUT2D eigenvalue weighted by Gasteiger charge is -2.32. The predicted molar refractivity (Wildman–Crippen MR) is 108 cm³/mol. The van der Waals surface area contributed by atoms with Gasteiger partial charge in [-0.05, 0) is 34.6 Å². The molecule has 5 N–H and O–H groups in total. The van der Waals surface area contributed by atoms with Crippen LogP contribution in [0.25, 0.3) is 0 Å². The molecule has 27 heavy (non-hydrogen) atoms. The molecule has 0 spiro atoms. The van der Waals surface area contributed by atoms with E-state index < -0.39 is 30.5 Å². The first-order chi connectivity index (χ1) is 12.5. The lowest BCUT2D eigenvalue weighted by Crippen LogP contribution is -2.46. The van der Waals surface area contributed by atoms with Crippen LogP contribution < -0.4 is 0 Å². The van der Waals surface area contributed by atoms with Gasteiger partial charge in [-0.25, -0.2) is 0 Å². The molecule has 0 rings (SSSR count). The van der Waals surface area contributed by atoms with Crippen LogP contribution in [0.2, 0.25) is 0 Å². The van der Waals surface area contributed by atoms with Crippen molar-refractivity contribution in [3.05, 3.63) is 0 Å². The van der Waals surface area contributed by atoms with Crippen molar-refractivity contribution in [1.82, 2.24) is 14.7 Å². The fourth-order valence-corrected chi connectivity index (χ4v) is 3.24. The predicted octanol–water partition coefficient (Wildman–Crippen LogP) is -1.20. The maximum absolute atomic E-state index is 9.81. The lowest BCUT2D eigenvalue weighted by molar-refractivity contribution is 0.0555. The number of rotatable bonds is 16. The molecule has 0 saturated carbocycles. The van der Waals surface area contributed by atoms with Gasteiger partial charge in [0.2, 0.25) is 0 Å². The molecule has 0 heterocycles. The van der Waals surface area contributed by atoms with Crippen LogP contribution in [-0.2, 0) is 0 Å². The minimum Gasteiger partial charge on any atom is -0.392 e. The number of nitrogens with zero attached hydrogens (tertiary/aromatic N) is 3. The minimum atomic E-state index is -0.471. The number of hydrogen-bond donors (Lipinski definition) is 5. The molecule has 0 aromatic carbocycles. The van der Waals surface area contributed by atoms with E-state index in [2.05, 4.69) is 4.90 Å². The molecule has 8 nitrogen and oxygen atoms in total. The van der Waals surface area contributed by atoms with Gasteiger partial charge in [0.25, 0.3) is 0 Å². The Labute approximate surface area is 165 Å². The Morgan fingerprint density at radius 2 is 0.593 bits per heavy atom. The van der Waals surface area contributed by atoms with Gasteiger partial charge in [0.05, 0.1) is 30.5 Å². The standard InChI is InChI=1S/C19H43N3O5/c1-15(23)10-20(6-8-21(11-16(2)24)12-17(3)25)7-9-22(13-18(4)26)14-19(5)27/h15-19,23-27H,6-14H2,1-5H3. The highest BCUT2D eigenvalue weighted by atomic mass is 16.3. The second kappa shape index (κ2) is 14.6. The SMILES string of the molecule is CC(O)CN(CCN(CC(C)O)CC(C)O)CCN(CC(C)O)CC(C)O. The summed E-state index contributed by atoms with van der Waals surface area (Å²) in [5.41, 5.74) is 0. The summed E-state index contributed by atoms with van der Waals surface area (Å²) in [6.07, 6.45) is -2.35. The smallest absolute Gasteiger partial charge is 0.0639 e. The molecular formula is C19H43N3O5. The monoisotopic (exact) mass is 393 g/mol.